The lowest BCUT2D eigenvalue weighted by atomic mass is 10.1. The Kier molecular flexibility index (Phi) is 4.99. The van der Waals surface area contributed by atoms with E-state index in [2.05, 4.69) is 15.6 Å². The van der Waals surface area contributed by atoms with Crippen LogP contribution in [0.15, 0.2) is 66.9 Å². The van der Waals surface area contributed by atoms with Gasteiger partial charge in [-0.05, 0) is 48.0 Å². The van der Waals surface area contributed by atoms with Crippen LogP contribution in [0, 0.1) is 11.6 Å². The second-order valence-corrected chi connectivity index (χ2v) is 5.42. The predicted octanol–water partition coefficient (Wildman–Crippen LogP) is 4.28. The summed E-state index contributed by atoms with van der Waals surface area (Å²) < 4.78 is 26.0. The Labute approximate surface area is 143 Å². The van der Waals surface area contributed by atoms with Crippen LogP contribution in [0.3, 0.4) is 0 Å². The molecule has 0 aliphatic rings. The third kappa shape index (κ3) is 4.84. The first-order chi connectivity index (χ1) is 12.1. The van der Waals surface area contributed by atoms with E-state index in [1.165, 1.54) is 24.3 Å². The highest BCUT2D eigenvalue weighted by atomic mass is 19.1. The van der Waals surface area contributed by atoms with E-state index in [4.69, 9.17) is 0 Å². The van der Waals surface area contributed by atoms with Crippen molar-refractivity contribution in [2.75, 3.05) is 10.6 Å². The topological polar surface area (TPSA) is 54.0 Å². The maximum Gasteiger partial charge on any atom is 0.229 e. The lowest BCUT2D eigenvalue weighted by Gasteiger charge is -2.08. The van der Waals surface area contributed by atoms with Crippen molar-refractivity contribution in [2.24, 2.45) is 0 Å². The molecule has 0 aliphatic carbocycles. The average molecular weight is 339 g/mol. The smallest absolute Gasteiger partial charge is 0.229 e. The van der Waals surface area contributed by atoms with Crippen molar-refractivity contribution in [1.29, 1.82) is 0 Å². The SMILES string of the molecule is O=C(Cc1ccc(F)cc1)Nc1ccc(Nc2cccc(F)c2)cn1. The summed E-state index contributed by atoms with van der Waals surface area (Å²) in [6.07, 6.45) is 1.67. The zero-order valence-corrected chi connectivity index (χ0v) is 13.2. The van der Waals surface area contributed by atoms with Crippen LogP contribution >= 0.6 is 0 Å². The lowest BCUT2D eigenvalue weighted by Crippen LogP contribution is -2.15. The van der Waals surface area contributed by atoms with Crippen molar-refractivity contribution in [1.82, 2.24) is 4.98 Å². The van der Waals surface area contributed by atoms with Gasteiger partial charge in [-0.25, -0.2) is 13.8 Å². The highest BCUT2D eigenvalue weighted by Gasteiger charge is 2.05. The van der Waals surface area contributed by atoms with Crippen LogP contribution in [0.25, 0.3) is 0 Å². The minimum atomic E-state index is -0.341. The molecule has 0 unspecified atom stereocenters. The number of hydrogen-bond donors (Lipinski definition) is 2. The minimum Gasteiger partial charge on any atom is -0.354 e. The Morgan fingerprint density at radius 1 is 0.920 bits per heavy atom. The van der Waals surface area contributed by atoms with E-state index in [0.717, 1.165) is 0 Å². The van der Waals surface area contributed by atoms with Gasteiger partial charge in [0, 0.05) is 5.69 Å². The van der Waals surface area contributed by atoms with E-state index in [9.17, 15) is 13.6 Å². The van der Waals surface area contributed by atoms with Gasteiger partial charge >= 0.3 is 0 Å². The van der Waals surface area contributed by atoms with Gasteiger partial charge in [0.15, 0.2) is 0 Å². The first kappa shape index (κ1) is 16.6. The van der Waals surface area contributed by atoms with Crippen LogP contribution in [-0.4, -0.2) is 10.9 Å². The molecule has 0 bridgehead atoms. The molecular weight excluding hydrogens is 324 g/mol. The Balaban J connectivity index is 1.58. The molecule has 4 nitrogen and oxygen atoms in total. The number of aromatic nitrogens is 1. The minimum absolute atomic E-state index is 0.130. The zero-order chi connectivity index (χ0) is 17.6. The Morgan fingerprint density at radius 2 is 1.72 bits per heavy atom. The van der Waals surface area contributed by atoms with E-state index >= 15 is 0 Å². The van der Waals surface area contributed by atoms with Gasteiger partial charge in [-0.15, -0.1) is 0 Å². The van der Waals surface area contributed by atoms with Crippen LogP contribution in [0.1, 0.15) is 5.56 Å². The molecule has 0 atom stereocenters. The van der Waals surface area contributed by atoms with E-state index in [1.54, 1.807) is 42.6 Å². The summed E-state index contributed by atoms with van der Waals surface area (Å²) >= 11 is 0. The lowest BCUT2D eigenvalue weighted by molar-refractivity contribution is -0.115. The van der Waals surface area contributed by atoms with Crippen LogP contribution in [0.5, 0.6) is 0 Å². The molecule has 0 saturated heterocycles. The standard InChI is InChI=1S/C19H15F2N3O/c20-14-6-4-13(5-7-14)10-19(25)24-18-9-8-17(12-22-18)23-16-3-1-2-15(21)11-16/h1-9,11-12,23H,10H2,(H,22,24,25). The van der Waals surface area contributed by atoms with Crippen molar-refractivity contribution < 1.29 is 13.6 Å². The largest absolute Gasteiger partial charge is 0.354 e. The van der Waals surface area contributed by atoms with Crippen LogP contribution < -0.4 is 10.6 Å². The van der Waals surface area contributed by atoms with Crippen LogP contribution in [0.4, 0.5) is 26.0 Å². The highest BCUT2D eigenvalue weighted by Crippen LogP contribution is 2.18. The first-order valence-electron chi connectivity index (χ1n) is 7.61. The third-order valence-electron chi connectivity index (χ3n) is 3.42. The molecule has 1 amide bonds. The average Bonchev–Trinajstić information content (AvgIpc) is 2.59. The molecule has 6 heteroatoms. The molecule has 3 aromatic rings. The van der Waals surface area contributed by atoms with Gasteiger partial charge in [0.05, 0.1) is 18.3 Å². The Hall–Kier alpha value is -3.28. The van der Waals surface area contributed by atoms with Crippen molar-refractivity contribution in [3.05, 3.63) is 84.1 Å². The number of nitrogens with zero attached hydrogens (tertiary/aromatic N) is 1. The molecule has 0 fully saturated rings. The molecular formula is C19H15F2N3O. The fraction of sp³-hybridized carbons (Fsp3) is 0.0526. The van der Waals surface area contributed by atoms with Crippen LogP contribution in [0.2, 0.25) is 0 Å². The second kappa shape index (κ2) is 7.53. The summed E-state index contributed by atoms with van der Waals surface area (Å²) in [7, 11) is 0. The summed E-state index contributed by atoms with van der Waals surface area (Å²) in [4.78, 5) is 16.1. The van der Waals surface area contributed by atoms with Crippen molar-refractivity contribution in [3.8, 4) is 0 Å². The third-order valence-corrected chi connectivity index (χ3v) is 3.42. The van der Waals surface area contributed by atoms with Gasteiger partial charge in [-0.2, -0.15) is 0 Å². The van der Waals surface area contributed by atoms with E-state index < -0.39 is 0 Å². The number of nitrogens with one attached hydrogen (secondary N) is 2. The van der Waals surface area contributed by atoms with E-state index in [-0.39, 0.29) is 24.0 Å². The molecule has 3 rings (SSSR count). The molecule has 0 spiro atoms. The molecule has 0 saturated carbocycles. The molecule has 126 valence electrons. The molecule has 1 heterocycles. The van der Waals surface area contributed by atoms with Gasteiger partial charge < -0.3 is 10.6 Å². The molecule has 2 aromatic carbocycles. The maximum atomic E-state index is 13.2. The normalized spacial score (nSPS) is 10.3. The number of anilines is 3. The number of hydrogen-bond acceptors (Lipinski definition) is 3. The van der Waals surface area contributed by atoms with Gasteiger partial charge in [0.25, 0.3) is 0 Å². The summed E-state index contributed by atoms with van der Waals surface area (Å²) in [6.45, 7) is 0. The summed E-state index contributed by atoms with van der Waals surface area (Å²) in [5, 5.41) is 5.69. The van der Waals surface area contributed by atoms with Crippen molar-refractivity contribution in [2.45, 2.75) is 6.42 Å². The Morgan fingerprint density at radius 3 is 2.40 bits per heavy atom. The van der Waals surface area contributed by atoms with E-state index in [0.29, 0.717) is 22.8 Å². The van der Waals surface area contributed by atoms with Gasteiger partial charge in [0.1, 0.15) is 17.5 Å². The first-order valence-corrected chi connectivity index (χ1v) is 7.61. The van der Waals surface area contributed by atoms with Gasteiger partial charge in [-0.3, -0.25) is 4.79 Å². The fourth-order valence-corrected chi connectivity index (χ4v) is 2.25. The number of carbonyl (C=O) groups excluding carboxylic acids is 1. The monoisotopic (exact) mass is 339 g/mol. The van der Waals surface area contributed by atoms with Gasteiger partial charge in [-0.1, -0.05) is 18.2 Å². The molecule has 0 aliphatic heterocycles. The number of pyridine rings is 1. The summed E-state index contributed by atoms with van der Waals surface area (Å²) in [6, 6.07) is 15.2. The van der Waals surface area contributed by atoms with Crippen molar-refractivity contribution >= 4 is 23.1 Å². The molecule has 25 heavy (non-hydrogen) atoms. The Bertz CT molecular complexity index is 865. The number of halogens is 2. The second-order valence-electron chi connectivity index (χ2n) is 5.42. The summed E-state index contributed by atoms with van der Waals surface area (Å²) in [5.41, 5.74) is 1.99. The number of benzene rings is 2. The number of amides is 1. The molecule has 0 radical (unpaired) electrons. The fourth-order valence-electron chi connectivity index (χ4n) is 2.25. The molecule has 2 N–H and O–H groups in total. The summed E-state index contributed by atoms with van der Waals surface area (Å²) in [5.74, 6) is -0.517. The molecule has 1 aromatic heterocycles. The zero-order valence-electron chi connectivity index (χ0n) is 13.2. The maximum absolute atomic E-state index is 13.2. The predicted molar refractivity (Wildman–Crippen MR) is 92.7 cm³/mol. The number of rotatable bonds is 5. The number of carbonyl (C=O) groups is 1. The van der Waals surface area contributed by atoms with Gasteiger partial charge in [0.2, 0.25) is 5.91 Å². The quantitative estimate of drug-likeness (QED) is 0.729. The highest BCUT2D eigenvalue weighted by molar-refractivity contribution is 5.91. The van der Waals surface area contributed by atoms with Crippen molar-refractivity contribution in [3.63, 3.8) is 0 Å². The van der Waals surface area contributed by atoms with E-state index in [1.807, 2.05) is 0 Å². The van der Waals surface area contributed by atoms with Crippen LogP contribution in [-0.2, 0) is 11.2 Å².